The van der Waals surface area contributed by atoms with Crippen molar-refractivity contribution in [1.82, 2.24) is 14.5 Å². The van der Waals surface area contributed by atoms with Crippen LogP contribution in [-0.4, -0.2) is 14.5 Å². The zero-order chi connectivity index (χ0) is 32.3. The van der Waals surface area contributed by atoms with Crippen molar-refractivity contribution in [1.29, 1.82) is 0 Å². The molecule has 0 aliphatic heterocycles. The molecule has 0 saturated carbocycles. The second-order valence-electron chi connectivity index (χ2n) is 12.6. The van der Waals surface area contributed by atoms with Gasteiger partial charge in [0, 0.05) is 38.5 Å². The van der Waals surface area contributed by atoms with Crippen molar-refractivity contribution in [3.63, 3.8) is 0 Å². The van der Waals surface area contributed by atoms with Crippen molar-refractivity contribution < 1.29 is 0 Å². The lowest BCUT2D eigenvalue weighted by Gasteiger charge is -2.14. The second-order valence-corrected chi connectivity index (χ2v) is 12.6. The molecule has 0 bridgehead atoms. The third kappa shape index (κ3) is 4.37. The van der Waals surface area contributed by atoms with Gasteiger partial charge in [0.05, 0.1) is 22.4 Å². The third-order valence-electron chi connectivity index (χ3n) is 9.77. The van der Waals surface area contributed by atoms with Crippen LogP contribution in [0.4, 0.5) is 0 Å². The minimum Gasteiger partial charge on any atom is -0.309 e. The Balaban J connectivity index is 1.26. The van der Waals surface area contributed by atoms with E-state index >= 15 is 0 Å². The molecule has 0 amide bonds. The molecule has 0 unspecified atom stereocenters. The van der Waals surface area contributed by atoms with Gasteiger partial charge in [-0.2, -0.15) is 0 Å². The number of para-hydroxylation sites is 2. The van der Waals surface area contributed by atoms with Crippen molar-refractivity contribution >= 4 is 54.1 Å². The van der Waals surface area contributed by atoms with Crippen LogP contribution in [0, 0.1) is 0 Å². The predicted molar refractivity (Wildman–Crippen MR) is 205 cm³/mol. The summed E-state index contributed by atoms with van der Waals surface area (Å²) in [5, 5.41) is 10.0. The maximum Gasteiger partial charge on any atom is 0.160 e. The van der Waals surface area contributed by atoms with E-state index in [2.05, 4.69) is 156 Å². The van der Waals surface area contributed by atoms with Crippen LogP contribution in [0.5, 0.6) is 0 Å². The van der Waals surface area contributed by atoms with E-state index < -0.39 is 0 Å². The first-order valence-corrected chi connectivity index (χ1v) is 16.7. The zero-order valence-electron chi connectivity index (χ0n) is 26.6. The molecule has 0 aliphatic carbocycles. The maximum absolute atomic E-state index is 5.14. The smallest absolute Gasteiger partial charge is 0.160 e. The molecule has 8 aromatic carbocycles. The molecule has 3 heteroatoms. The monoisotopic (exact) mass is 623 g/mol. The van der Waals surface area contributed by atoms with Crippen LogP contribution >= 0.6 is 0 Å². The Morgan fingerprint density at radius 3 is 1.63 bits per heavy atom. The summed E-state index contributed by atoms with van der Waals surface area (Å²) < 4.78 is 2.40. The predicted octanol–water partition coefficient (Wildman–Crippen LogP) is 12.0. The molecule has 0 N–H and O–H groups in total. The lowest BCUT2D eigenvalue weighted by molar-refractivity contribution is 1.18. The minimum absolute atomic E-state index is 0.720. The number of rotatable bonds is 4. The van der Waals surface area contributed by atoms with Crippen LogP contribution in [-0.2, 0) is 0 Å². The molecular weight excluding hydrogens is 595 g/mol. The van der Waals surface area contributed by atoms with Crippen molar-refractivity contribution in [3.05, 3.63) is 176 Å². The van der Waals surface area contributed by atoms with Crippen LogP contribution in [0.2, 0.25) is 0 Å². The average Bonchev–Trinajstić information content (AvgIpc) is 3.53. The fourth-order valence-electron chi connectivity index (χ4n) is 7.59. The molecule has 0 radical (unpaired) electrons. The number of fused-ring (bicyclic) bond motifs is 10. The van der Waals surface area contributed by atoms with Crippen LogP contribution in [0.25, 0.3) is 93.7 Å². The standard InChI is InChI=1S/C46H29N3/c1-4-14-30(15-5-1)40-29-41(48-46(47-40)31-16-6-2-7-17-31)32-24-25-35-37-26-27-43-45(44(37)36-21-11-10-20-34(36)39(35)28-32)38-22-12-13-23-42(38)49(43)33-18-8-3-9-19-33/h1-29H. The van der Waals surface area contributed by atoms with Gasteiger partial charge in [0.2, 0.25) is 0 Å². The third-order valence-corrected chi connectivity index (χ3v) is 9.77. The molecule has 0 fully saturated rings. The van der Waals surface area contributed by atoms with E-state index in [1.807, 2.05) is 24.3 Å². The minimum atomic E-state index is 0.720. The van der Waals surface area contributed by atoms with Gasteiger partial charge in [-0.05, 0) is 63.3 Å². The molecule has 228 valence electrons. The molecule has 0 saturated heterocycles. The Bertz CT molecular complexity index is 2780. The molecule has 10 aromatic rings. The van der Waals surface area contributed by atoms with E-state index in [0.29, 0.717) is 0 Å². The van der Waals surface area contributed by atoms with Crippen LogP contribution in [0.1, 0.15) is 0 Å². The number of hydrogen-bond donors (Lipinski definition) is 0. The van der Waals surface area contributed by atoms with Crippen molar-refractivity contribution in [2.24, 2.45) is 0 Å². The van der Waals surface area contributed by atoms with Crippen molar-refractivity contribution in [3.8, 4) is 39.6 Å². The SMILES string of the molecule is c1ccc(-c2cc(-c3ccc4c(c3)c3ccccc3c3c4ccc4c3c3ccccc3n4-c3ccccc3)nc(-c3ccccc3)n2)cc1. The number of hydrogen-bond acceptors (Lipinski definition) is 2. The summed E-state index contributed by atoms with van der Waals surface area (Å²) in [5.74, 6) is 0.720. The van der Waals surface area contributed by atoms with Crippen LogP contribution in [0.3, 0.4) is 0 Å². The summed E-state index contributed by atoms with van der Waals surface area (Å²) in [4.78, 5) is 10.2. The van der Waals surface area contributed by atoms with E-state index in [1.165, 1.54) is 54.1 Å². The normalized spacial score (nSPS) is 11.7. The first-order chi connectivity index (χ1) is 24.3. The highest BCUT2D eigenvalue weighted by atomic mass is 15.0. The molecule has 2 aromatic heterocycles. The van der Waals surface area contributed by atoms with E-state index in [4.69, 9.17) is 9.97 Å². The fraction of sp³-hybridized carbons (Fsp3) is 0. The molecule has 0 spiro atoms. The van der Waals surface area contributed by atoms with Gasteiger partial charge in [0.1, 0.15) is 0 Å². The van der Waals surface area contributed by atoms with E-state index in [0.717, 1.165) is 39.6 Å². The molecular formula is C46H29N3. The first-order valence-electron chi connectivity index (χ1n) is 16.7. The molecule has 2 heterocycles. The van der Waals surface area contributed by atoms with Gasteiger partial charge in [-0.15, -0.1) is 0 Å². The molecule has 0 atom stereocenters. The van der Waals surface area contributed by atoms with E-state index in [1.54, 1.807) is 0 Å². The number of benzene rings is 8. The number of aromatic nitrogens is 3. The average molecular weight is 624 g/mol. The zero-order valence-corrected chi connectivity index (χ0v) is 26.6. The largest absolute Gasteiger partial charge is 0.309 e. The summed E-state index contributed by atoms with van der Waals surface area (Å²) in [6, 6.07) is 62.5. The van der Waals surface area contributed by atoms with Gasteiger partial charge >= 0.3 is 0 Å². The summed E-state index contributed by atoms with van der Waals surface area (Å²) in [6.45, 7) is 0. The Kier molecular flexibility index (Phi) is 6.18. The molecule has 10 rings (SSSR count). The van der Waals surface area contributed by atoms with Crippen LogP contribution in [0.15, 0.2) is 176 Å². The molecule has 3 nitrogen and oxygen atoms in total. The first kappa shape index (κ1) is 27.5. The van der Waals surface area contributed by atoms with Gasteiger partial charge in [0.25, 0.3) is 0 Å². The number of nitrogens with zero attached hydrogens (tertiary/aromatic N) is 3. The van der Waals surface area contributed by atoms with E-state index in [9.17, 15) is 0 Å². The summed E-state index contributed by atoms with van der Waals surface area (Å²) in [7, 11) is 0. The summed E-state index contributed by atoms with van der Waals surface area (Å²) in [5.41, 5.74) is 8.53. The lowest BCUT2D eigenvalue weighted by atomic mass is 9.90. The van der Waals surface area contributed by atoms with E-state index in [-0.39, 0.29) is 0 Å². The topological polar surface area (TPSA) is 30.7 Å². The van der Waals surface area contributed by atoms with Crippen molar-refractivity contribution in [2.75, 3.05) is 0 Å². The quantitative estimate of drug-likeness (QED) is 0.183. The van der Waals surface area contributed by atoms with Gasteiger partial charge in [-0.1, -0.05) is 140 Å². The van der Waals surface area contributed by atoms with Gasteiger partial charge < -0.3 is 4.57 Å². The molecule has 0 aliphatic rings. The Morgan fingerprint density at radius 2 is 0.878 bits per heavy atom. The Hall–Kier alpha value is -6.58. The van der Waals surface area contributed by atoms with Crippen LogP contribution < -0.4 is 0 Å². The highest BCUT2D eigenvalue weighted by molar-refractivity contribution is 6.35. The Morgan fingerprint density at radius 1 is 0.327 bits per heavy atom. The van der Waals surface area contributed by atoms with Gasteiger partial charge in [-0.3, -0.25) is 0 Å². The lowest BCUT2D eigenvalue weighted by Crippen LogP contribution is -1.96. The van der Waals surface area contributed by atoms with Crippen molar-refractivity contribution in [2.45, 2.75) is 0 Å². The Labute approximate surface area is 283 Å². The highest BCUT2D eigenvalue weighted by Gasteiger charge is 2.19. The van der Waals surface area contributed by atoms with Gasteiger partial charge in [0.15, 0.2) is 5.82 Å². The summed E-state index contributed by atoms with van der Waals surface area (Å²) >= 11 is 0. The fourth-order valence-corrected chi connectivity index (χ4v) is 7.59. The van der Waals surface area contributed by atoms with Gasteiger partial charge in [-0.25, -0.2) is 9.97 Å². The highest BCUT2D eigenvalue weighted by Crippen LogP contribution is 2.44. The molecule has 49 heavy (non-hydrogen) atoms. The summed E-state index contributed by atoms with van der Waals surface area (Å²) in [6.07, 6.45) is 0. The second kappa shape index (κ2) is 11.0. The maximum atomic E-state index is 5.14.